The maximum Gasteiger partial charge on any atom is 0.251 e. The average molecular weight is 442 g/mol. The number of H-pyrrole nitrogens is 1. The third-order valence-electron chi connectivity index (χ3n) is 5.33. The van der Waals surface area contributed by atoms with Crippen molar-refractivity contribution in [2.75, 3.05) is 6.54 Å². The van der Waals surface area contributed by atoms with Crippen LogP contribution < -0.4 is 10.1 Å². The smallest absolute Gasteiger partial charge is 0.251 e. The molecule has 0 atom stereocenters. The third-order valence-corrected chi connectivity index (χ3v) is 5.33. The first-order chi connectivity index (χ1) is 16.3. The van der Waals surface area contributed by atoms with Crippen molar-refractivity contribution in [3.05, 3.63) is 90.0 Å². The number of aryl methyl sites for hydroxylation is 1. The molecule has 4 aromatic rings. The van der Waals surface area contributed by atoms with Gasteiger partial charge in [0.2, 0.25) is 5.82 Å². The summed E-state index contributed by atoms with van der Waals surface area (Å²) in [6, 6.07) is 25.3. The van der Waals surface area contributed by atoms with Crippen LogP contribution in [0, 0.1) is 0 Å². The van der Waals surface area contributed by atoms with Crippen molar-refractivity contribution in [1.82, 2.24) is 25.9 Å². The van der Waals surface area contributed by atoms with Crippen LogP contribution in [-0.2, 0) is 6.42 Å². The molecule has 3 aromatic carbocycles. The minimum atomic E-state index is -0.0625. The number of unbranched alkanes of at least 4 members (excludes halogenated alkanes) is 3. The van der Waals surface area contributed by atoms with Gasteiger partial charge >= 0.3 is 0 Å². The molecule has 2 N–H and O–H groups in total. The molecule has 1 heterocycles. The van der Waals surface area contributed by atoms with Crippen molar-refractivity contribution in [3.8, 4) is 22.9 Å². The number of aromatic amines is 1. The molecule has 4 rings (SSSR count). The van der Waals surface area contributed by atoms with Crippen molar-refractivity contribution in [3.63, 3.8) is 0 Å². The second-order valence-electron chi connectivity index (χ2n) is 7.79. The summed E-state index contributed by atoms with van der Waals surface area (Å²) in [7, 11) is 0. The molecule has 7 heteroatoms. The predicted molar refractivity (Wildman–Crippen MR) is 127 cm³/mol. The average Bonchev–Trinajstić information content (AvgIpc) is 3.40. The Labute approximate surface area is 193 Å². The number of nitrogens with one attached hydrogen (secondary N) is 2. The highest BCUT2D eigenvalue weighted by molar-refractivity contribution is 5.94. The van der Waals surface area contributed by atoms with Crippen LogP contribution in [0.25, 0.3) is 11.4 Å². The van der Waals surface area contributed by atoms with Crippen LogP contribution in [0.15, 0.2) is 78.9 Å². The SMILES string of the molecule is O=C(NCCCCCCc1ccc(Oc2ccccc2)cc1)c1ccc(-c2nn[nH]n2)cc1. The van der Waals surface area contributed by atoms with Crippen LogP contribution in [0.4, 0.5) is 0 Å². The van der Waals surface area contributed by atoms with E-state index in [1.807, 2.05) is 54.6 Å². The molecule has 0 bridgehead atoms. The van der Waals surface area contributed by atoms with E-state index in [4.69, 9.17) is 4.74 Å². The number of benzene rings is 3. The molecule has 0 saturated heterocycles. The lowest BCUT2D eigenvalue weighted by molar-refractivity contribution is 0.0953. The van der Waals surface area contributed by atoms with Crippen LogP contribution in [0.1, 0.15) is 41.6 Å². The first kappa shape index (κ1) is 22.2. The zero-order valence-electron chi connectivity index (χ0n) is 18.4. The summed E-state index contributed by atoms with van der Waals surface area (Å²) in [4.78, 5) is 12.3. The molecule has 1 aromatic heterocycles. The number of nitrogens with zero attached hydrogens (tertiary/aromatic N) is 3. The number of ether oxygens (including phenoxy) is 1. The van der Waals surface area contributed by atoms with E-state index in [9.17, 15) is 4.79 Å². The van der Waals surface area contributed by atoms with Crippen LogP contribution in [0.5, 0.6) is 11.5 Å². The number of carbonyl (C=O) groups excluding carboxylic acids is 1. The van der Waals surface area contributed by atoms with Gasteiger partial charge < -0.3 is 10.1 Å². The summed E-state index contributed by atoms with van der Waals surface area (Å²) < 4.78 is 5.83. The summed E-state index contributed by atoms with van der Waals surface area (Å²) in [5, 5.41) is 16.8. The van der Waals surface area contributed by atoms with E-state index in [-0.39, 0.29) is 5.91 Å². The standard InChI is InChI=1S/C26H27N5O2/c32-26(22-15-13-21(14-16-22)25-28-30-31-29-25)27-19-7-2-1-4-8-20-11-17-24(18-12-20)33-23-9-5-3-6-10-23/h3,5-6,9-18H,1-2,4,7-8,19H2,(H,27,32)(H,28,29,30,31). The van der Waals surface area contributed by atoms with Crippen molar-refractivity contribution < 1.29 is 9.53 Å². The molecule has 0 radical (unpaired) electrons. The van der Waals surface area contributed by atoms with Crippen LogP contribution in [0.3, 0.4) is 0 Å². The van der Waals surface area contributed by atoms with E-state index in [1.54, 1.807) is 12.1 Å². The van der Waals surface area contributed by atoms with E-state index >= 15 is 0 Å². The molecule has 0 fully saturated rings. The Hall–Kier alpha value is -4.00. The molecule has 0 aliphatic rings. The Morgan fingerprint density at radius 2 is 1.55 bits per heavy atom. The highest BCUT2D eigenvalue weighted by Gasteiger charge is 2.07. The van der Waals surface area contributed by atoms with Gasteiger partial charge in [0.05, 0.1) is 0 Å². The van der Waals surface area contributed by atoms with Gasteiger partial charge in [-0.2, -0.15) is 5.21 Å². The van der Waals surface area contributed by atoms with Gasteiger partial charge in [0, 0.05) is 17.7 Å². The van der Waals surface area contributed by atoms with Gasteiger partial charge in [-0.05, 0) is 66.4 Å². The maximum absolute atomic E-state index is 12.3. The zero-order chi connectivity index (χ0) is 22.7. The van der Waals surface area contributed by atoms with E-state index < -0.39 is 0 Å². The molecular formula is C26H27N5O2. The number of rotatable bonds is 11. The number of aromatic nitrogens is 4. The molecule has 0 unspecified atom stereocenters. The van der Waals surface area contributed by atoms with Crippen LogP contribution in [0.2, 0.25) is 0 Å². The molecule has 0 aliphatic heterocycles. The second-order valence-corrected chi connectivity index (χ2v) is 7.79. The van der Waals surface area contributed by atoms with Gasteiger partial charge in [0.1, 0.15) is 11.5 Å². The summed E-state index contributed by atoms with van der Waals surface area (Å²) in [6.07, 6.45) is 5.37. The lowest BCUT2D eigenvalue weighted by Gasteiger charge is -2.07. The van der Waals surface area contributed by atoms with Crippen molar-refractivity contribution in [1.29, 1.82) is 0 Å². The topological polar surface area (TPSA) is 92.8 Å². The highest BCUT2D eigenvalue weighted by Crippen LogP contribution is 2.21. The lowest BCUT2D eigenvalue weighted by atomic mass is 10.1. The molecule has 0 aliphatic carbocycles. The second kappa shape index (κ2) is 11.6. The Balaban J connectivity index is 1.09. The minimum absolute atomic E-state index is 0.0625. The summed E-state index contributed by atoms with van der Waals surface area (Å²) in [6.45, 7) is 0.678. The van der Waals surface area contributed by atoms with Gasteiger partial charge in [-0.15, -0.1) is 10.2 Å². The van der Waals surface area contributed by atoms with Crippen molar-refractivity contribution >= 4 is 5.91 Å². The summed E-state index contributed by atoms with van der Waals surface area (Å²) in [5.41, 5.74) is 2.76. The van der Waals surface area contributed by atoms with Gasteiger partial charge in [0.15, 0.2) is 0 Å². The molecule has 1 amide bonds. The summed E-state index contributed by atoms with van der Waals surface area (Å²) in [5.74, 6) is 2.15. The molecular weight excluding hydrogens is 414 g/mol. The largest absolute Gasteiger partial charge is 0.457 e. The first-order valence-corrected chi connectivity index (χ1v) is 11.2. The van der Waals surface area contributed by atoms with Crippen molar-refractivity contribution in [2.45, 2.75) is 32.1 Å². The van der Waals surface area contributed by atoms with Crippen LogP contribution >= 0.6 is 0 Å². The Morgan fingerprint density at radius 1 is 0.818 bits per heavy atom. The normalized spacial score (nSPS) is 10.7. The molecule has 0 saturated carbocycles. The Kier molecular flexibility index (Phi) is 7.79. The fourth-order valence-electron chi connectivity index (χ4n) is 3.52. The molecule has 168 valence electrons. The van der Waals surface area contributed by atoms with E-state index in [0.29, 0.717) is 17.9 Å². The fourth-order valence-corrected chi connectivity index (χ4v) is 3.52. The summed E-state index contributed by atoms with van der Waals surface area (Å²) >= 11 is 0. The van der Waals surface area contributed by atoms with E-state index in [2.05, 4.69) is 38.1 Å². The molecule has 0 spiro atoms. The number of amides is 1. The maximum atomic E-state index is 12.3. The predicted octanol–water partition coefficient (Wildman–Crippen LogP) is 5.19. The quantitative estimate of drug-likeness (QED) is 0.312. The first-order valence-electron chi connectivity index (χ1n) is 11.2. The van der Waals surface area contributed by atoms with Gasteiger partial charge in [-0.25, -0.2) is 0 Å². The highest BCUT2D eigenvalue weighted by atomic mass is 16.5. The number of tetrazole rings is 1. The number of carbonyl (C=O) groups is 1. The lowest BCUT2D eigenvalue weighted by Crippen LogP contribution is -2.24. The zero-order valence-corrected chi connectivity index (χ0v) is 18.4. The third kappa shape index (κ3) is 6.74. The van der Waals surface area contributed by atoms with Gasteiger partial charge in [-0.3, -0.25) is 4.79 Å². The van der Waals surface area contributed by atoms with E-state index in [0.717, 1.165) is 49.2 Å². The monoisotopic (exact) mass is 441 g/mol. The number of hydrogen-bond acceptors (Lipinski definition) is 5. The van der Waals surface area contributed by atoms with Crippen molar-refractivity contribution in [2.24, 2.45) is 0 Å². The molecule has 7 nitrogen and oxygen atoms in total. The Morgan fingerprint density at radius 3 is 2.27 bits per heavy atom. The molecule has 33 heavy (non-hydrogen) atoms. The Bertz CT molecular complexity index is 1110. The number of hydrogen-bond donors (Lipinski definition) is 2. The number of para-hydroxylation sites is 1. The fraction of sp³-hybridized carbons (Fsp3) is 0.231. The minimum Gasteiger partial charge on any atom is -0.457 e. The van der Waals surface area contributed by atoms with Gasteiger partial charge in [-0.1, -0.05) is 55.3 Å². The van der Waals surface area contributed by atoms with Crippen LogP contribution in [-0.4, -0.2) is 33.1 Å². The van der Waals surface area contributed by atoms with E-state index in [1.165, 1.54) is 5.56 Å². The van der Waals surface area contributed by atoms with Gasteiger partial charge in [0.25, 0.3) is 5.91 Å².